The number of hydrogen-bond acceptors (Lipinski definition) is 5. The van der Waals surface area contributed by atoms with Crippen molar-refractivity contribution in [3.8, 4) is 0 Å². The molecule has 0 aromatic heterocycles. The highest BCUT2D eigenvalue weighted by Gasteiger charge is 2.51. The van der Waals surface area contributed by atoms with E-state index in [9.17, 15) is 18.0 Å². The monoisotopic (exact) mass is 305 g/mol. The first-order valence-corrected chi connectivity index (χ1v) is 7.85. The molecular formula is C11H19N3O5S. The topological polar surface area (TPSA) is 105 Å². The van der Waals surface area contributed by atoms with E-state index in [1.807, 2.05) is 4.72 Å². The second-order valence-electron chi connectivity index (χ2n) is 6.09. The maximum absolute atomic E-state index is 11.9. The van der Waals surface area contributed by atoms with Gasteiger partial charge in [-0.1, -0.05) is 0 Å². The van der Waals surface area contributed by atoms with E-state index >= 15 is 0 Å². The van der Waals surface area contributed by atoms with E-state index in [1.165, 1.54) is 4.90 Å². The molecule has 2 N–H and O–H groups in total. The maximum Gasteiger partial charge on any atom is 0.410 e. The van der Waals surface area contributed by atoms with Crippen molar-refractivity contribution in [3.05, 3.63) is 0 Å². The van der Waals surface area contributed by atoms with Crippen molar-refractivity contribution >= 4 is 22.2 Å². The molecule has 0 atom stereocenters. The molecule has 0 aromatic rings. The van der Waals surface area contributed by atoms with E-state index in [-0.39, 0.29) is 25.9 Å². The van der Waals surface area contributed by atoms with E-state index in [0.29, 0.717) is 0 Å². The van der Waals surface area contributed by atoms with Crippen molar-refractivity contribution in [2.24, 2.45) is 0 Å². The molecule has 114 valence electrons. The summed E-state index contributed by atoms with van der Waals surface area (Å²) in [5.41, 5.74) is -1.71. The van der Waals surface area contributed by atoms with Crippen LogP contribution in [-0.2, 0) is 19.7 Å². The van der Waals surface area contributed by atoms with Gasteiger partial charge in [0.15, 0.2) is 0 Å². The van der Waals surface area contributed by atoms with Crippen molar-refractivity contribution in [1.29, 1.82) is 0 Å². The molecule has 0 radical (unpaired) electrons. The predicted molar refractivity (Wildman–Crippen MR) is 70.0 cm³/mol. The second-order valence-corrected chi connectivity index (χ2v) is 7.50. The van der Waals surface area contributed by atoms with Crippen LogP contribution in [0.3, 0.4) is 0 Å². The number of amides is 2. The Bertz CT molecular complexity index is 529. The van der Waals surface area contributed by atoms with E-state index in [1.54, 1.807) is 20.8 Å². The zero-order valence-electron chi connectivity index (χ0n) is 11.7. The molecule has 2 heterocycles. The van der Waals surface area contributed by atoms with E-state index in [4.69, 9.17) is 4.74 Å². The lowest BCUT2D eigenvalue weighted by Gasteiger charge is -2.37. The number of nitrogens with one attached hydrogen (secondary N) is 2. The number of nitrogens with zero attached hydrogens (tertiary/aromatic N) is 1. The Morgan fingerprint density at radius 3 is 2.25 bits per heavy atom. The van der Waals surface area contributed by atoms with Gasteiger partial charge in [-0.15, -0.1) is 0 Å². The van der Waals surface area contributed by atoms with Crippen LogP contribution in [0.15, 0.2) is 0 Å². The van der Waals surface area contributed by atoms with Gasteiger partial charge in [0.25, 0.3) is 5.91 Å². The molecule has 2 rings (SSSR count). The molecule has 2 aliphatic rings. The van der Waals surface area contributed by atoms with E-state index < -0.39 is 33.3 Å². The van der Waals surface area contributed by atoms with Crippen LogP contribution < -0.4 is 9.44 Å². The van der Waals surface area contributed by atoms with Gasteiger partial charge in [0.2, 0.25) is 0 Å². The Kier molecular flexibility index (Phi) is 3.45. The summed E-state index contributed by atoms with van der Waals surface area (Å²) in [6.45, 7) is 5.86. The number of likely N-dealkylation sites (tertiary alicyclic amines) is 1. The SMILES string of the molecule is CC(C)(C)OC(=O)N1CCC2(CC1)NS(=O)(=O)NC2=O. The highest BCUT2D eigenvalue weighted by Crippen LogP contribution is 2.27. The number of piperidine rings is 1. The van der Waals surface area contributed by atoms with Crippen molar-refractivity contribution in [2.45, 2.75) is 44.8 Å². The molecule has 0 bridgehead atoms. The summed E-state index contributed by atoms with van der Waals surface area (Å²) in [6.07, 6.45) is 0.0165. The van der Waals surface area contributed by atoms with Gasteiger partial charge < -0.3 is 9.64 Å². The summed E-state index contributed by atoms with van der Waals surface area (Å²) in [6, 6.07) is 0. The van der Waals surface area contributed by atoms with Crippen LogP contribution >= 0.6 is 0 Å². The zero-order valence-corrected chi connectivity index (χ0v) is 12.5. The molecule has 0 unspecified atom stereocenters. The standard InChI is InChI=1S/C11H19N3O5S/c1-10(2,3)19-9(16)14-6-4-11(5-7-14)8(15)12-20(17,18)13-11/h13H,4-7H2,1-3H3,(H,12,15). The van der Waals surface area contributed by atoms with Crippen LogP contribution in [0.25, 0.3) is 0 Å². The van der Waals surface area contributed by atoms with Gasteiger partial charge in [0, 0.05) is 13.1 Å². The maximum atomic E-state index is 11.9. The van der Waals surface area contributed by atoms with Gasteiger partial charge >= 0.3 is 16.3 Å². The molecule has 2 fully saturated rings. The summed E-state index contributed by atoms with van der Waals surface area (Å²) < 4.78 is 32.2. The van der Waals surface area contributed by atoms with Crippen LogP contribution in [0.5, 0.6) is 0 Å². The molecular weight excluding hydrogens is 286 g/mol. The third-order valence-electron chi connectivity index (χ3n) is 3.26. The van der Waals surface area contributed by atoms with Gasteiger partial charge in [-0.3, -0.25) is 4.79 Å². The van der Waals surface area contributed by atoms with Gasteiger partial charge in [0.1, 0.15) is 11.1 Å². The number of ether oxygens (including phenoxy) is 1. The molecule has 2 saturated heterocycles. The van der Waals surface area contributed by atoms with Crippen LogP contribution in [0.2, 0.25) is 0 Å². The summed E-state index contributed by atoms with van der Waals surface area (Å²) >= 11 is 0. The largest absolute Gasteiger partial charge is 0.444 e. The smallest absolute Gasteiger partial charge is 0.410 e. The van der Waals surface area contributed by atoms with Crippen LogP contribution in [0.4, 0.5) is 4.79 Å². The van der Waals surface area contributed by atoms with Crippen molar-refractivity contribution in [2.75, 3.05) is 13.1 Å². The molecule has 8 nitrogen and oxygen atoms in total. The summed E-state index contributed by atoms with van der Waals surface area (Å²) in [7, 11) is -3.75. The Morgan fingerprint density at radius 2 is 1.85 bits per heavy atom. The zero-order chi connectivity index (χ0) is 15.2. The number of hydrogen-bond donors (Lipinski definition) is 2. The highest BCUT2D eigenvalue weighted by atomic mass is 32.2. The number of carbonyl (C=O) groups excluding carboxylic acids is 2. The number of carbonyl (C=O) groups is 2. The quantitative estimate of drug-likeness (QED) is 0.640. The molecule has 0 aliphatic carbocycles. The molecule has 20 heavy (non-hydrogen) atoms. The summed E-state index contributed by atoms with van der Waals surface area (Å²) in [4.78, 5) is 25.2. The lowest BCUT2D eigenvalue weighted by atomic mass is 9.88. The molecule has 2 amide bonds. The summed E-state index contributed by atoms with van der Waals surface area (Å²) in [5.74, 6) is -0.554. The minimum absolute atomic E-state index is 0.233. The van der Waals surface area contributed by atoms with Gasteiger partial charge in [-0.05, 0) is 33.6 Å². The van der Waals surface area contributed by atoms with Crippen molar-refractivity contribution in [3.63, 3.8) is 0 Å². The third kappa shape index (κ3) is 3.04. The first-order valence-electron chi connectivity index (χ1n) is 6.37. The Morgan fingerprint density at radius 1 is 1.30 bits per heavy atom. The molecule has 0 saturated carbocycles. The average Bonchev–Trinajstić information content (AvgIpc) is 2.47. The van der Waals surface area contributed by atoms with Gasteiger partial charge in [0.05, 0.1) is 0 Å². The van der Waals surface area contributed by atoms with Crippen LogP contribution in [0, 0.1) is 0 Å². The minimum atomic E-state index is -3.75. The van der Waals surface area contributed by atoms with Gasteiger partial charge in [-0.25, -0.2) is 9.52 Å². The van der Waals surface area contributed by atoms with E-state index in [0.717, 1.165) is 0 Å². The molecule has 9 heteroatoms. The fraction of sp³-hybridized carbons (Fsp3) is 0.818. The lowest BCUT2D eigenvalue weighted by Crippen LogP contribution is -2.56. The Labute approximate surface area is 118 Å². The first kappa shape index (κ1) is 15.0. The molecule has 2 aliphatic heterocycles. The van der Waals surface area contributed by atoms with Crippen molar-refractivity contribution < 1.29 is 22.7 Å². The fourth-order valence-electron chi connectivity index (χ4n) is 2.28. The minimum Gasteiger partial charge on any atom is -0.444 e. The first-order chi connectivity index (χ1) is 9.03. The number of rotatable bonds is 0. The van der Waals surface area contributed by atoms with Gasteiger partial charge in [-0.2, -0.15) is 13.1 Å². The second kappa shape index (κ2) is 4.59. The third-order valence-corrected chi connectivity index (χ3v) is 4.37. The molecule has 1 spiro atoms. The average molecular weight is 305 g/mol. The Hall–Kier alpha value is -1.35. The lowest BCUT2D eigenvalue weighted by molar-refractivity contribution is -0.125. The Balaban J connectivity index is 2.00. The van der Waals surface area contributed by atoms with Crippen LogP contribution in [-0.4, -0.2) is 49.5 Å². The van der Waals surface area contributed by atoms with Crippen LogP contribution in [0.1, 0.15) is 33.6 Å². The summed E-state index contributed by atoms with van der Waals surface area (Å²) in [5, 5.41) is 0. The van der Waals surface area contributed by atoms with Crippen molar-refractivity contribution in [1.82, 2.24) is 14.3 Å². The predicted octanol–water partition coefficient (Wildman–Crippen LogP) is -0.280. The highest BCUT2D eigenvalue weighted by molar-refractivity contribution is 7.88. The van der Waals surface area contributed by atoms with E-state index in [2.05, 4.69) is 4.72 Å². The fourth-order valence-corrected chi connectivity index (χ4v) is 3.58. The normalized spacial score (nSPS) is 24.6. The molecule has 0 aromatic carbocycles.